The van der Waals surface area contributed by atoms with Gasteiger partial charge in [-0.25, -0.2) is 10.9 Å². The molecule has 1 aliphatic rings. The lowest BCUT2D eigenvalue weighted by molar-refractivity contribution is -0.126. The molecule has 3 aromatic rings. The van der Waals surface area contributed by atoms with Gasteiger partial charge in [0, 0.05) is 65.1 Å². The summed E-state index contributed by atoms with van der Waals surface area (Å²) in [6.07, 6.45) is 5.53. The van der Waals surface area contributed by atoms with Crippen molar-refractivity contribution in [2.75, 3.05) is 89.9 Å². The average molecular weight is 612 g/mol. The minimum atomic E-state index is -0.259. The Morgan fingerprint density at radius 3 is 2.32 bits per heavy atom. The average Bonchev–Trinajstić information content (AvgIpc) is 3.42. The molecule has 3 heterocycles. The van der Waals surface area contributed by atoms with Gasteiger partial charge in [-0.3, -0.25) is 19.4 Å². The first-order valence-electron chi connectivity index (χ1n) is 15.7. The second-order valence-corrected chi connectivity index (χ2v) is 11.1. The molecule has 0 radical (unpaired) electrons. The van der Waals surface area contributed by atoms with Crippen molar-refractivity contribution in [3.05, 3.63) is 47.7 Å². The van der Waals surface area contributed by atoms with Crippen molar-refractivity contribution >= 4 is 28.7 Å². The van der Waals surface area contributed by atoms with Crippen LogP contribution in [0.2, 0.25) is 0 Å². The second-order valence-electron chi connectivity index (χ2n) is 11.1. The van der Waals surface area contributed by atoms with Crippen LogP contribution in [-0.4, -0.2) is 109 Å². The minimum absolute atomic E-state index is 0.149. The fraction of sp³-hybridized carbons (Fsp3) is 0.581. The first-order valence-corrected chi connectivity index (χ1v) is 15.7. The lowest BCUT2D eigenvalue weighted by Gasteiger charge is -2.34. The number of fused-ring (bicyclic) bond motifs is 1. The molecular weight excluding hydrogens is 562 g/mol. The molecule has 1 aromatic carbocycles. The summed E-state index contributed by atoms with van der Waals surface area (Å²) in [5.74, 6) is 5.69. The van der Waals surface area contributed by atoms with Crippen LogP contribution in [0.5, 0.6) is 0 Å². The highest BCUT2D eigenvalue weighted by molar-refractivity contribution is 5.87. The molecule has 0 bridgehead atoms. The number of anilines is 2. The zero-order valence-corrected chi connectivity index (χ0v) is 26.0. The maximum Gasteiger partial charge on any atom is 0.248 e. The van der Waals surface area contributed by atoms with Crippen molar-refractivity contribution in [3.8, 4) is 0 Å². The van der Waals surface area contributed by atoms with Gasteiger partial charge in [0.2, 0.25) is 11.9 Å². The summed E-state index contributed by atoms with van der Waals surface area (Å²) in [6, 6.07) is 10.9. The zero-order valence-electron chi connectivity index (χ0n) is 26.0. The van der Waals surface area contributed by atoms with Gasteiger partial charge in [0.25, 0.3) is 0 Å². The Labute approximate surface area is 260 Å². The van der Waals surface area contributed by atoms with E-state index in [2.05, 4.69) is 77.2 Å². The van der Waals surface area contributed by atoms with Crippen molar-refractivity contribution in [1.29, 1.82) is 0 Å². The quantitative estimate of drug-likeness (QED) is 0.109. The highest BCUT2D eigenvalue weighted by atomic mass is 16.6. The Bertz CT molecular complexity index is 1260. The Balaban J connectivity index is 1.13. The van der Waals surface area contributed by atoms with E-state index in [9.17, 15) is 4.79 Å². The number of nitrogen functional groups attached to an aromatic ring is 1. The summed E-state index contributed by atoms with van der Waals surface area (Å²) in [5, 5.41) is 6.12. The number of aromatic nitrogens is 3. The minimum Gasteiger partial charge on any atom is -0.378 e. The van der Waals surface area contributed by atoms with Crippen LogP contribution in [0, 0.1) is 0 Å². The number of carbonyl (C=O) groups excluding carboxylic acids is 1. The van der Waals surface area contributed by atoms with E-state index in [1.165, 1.54) is 24.0 Å². The van der Waals surface area contributed by atoms with E-state index in [0.29, 0.717) is 38.9 Å². The number of hydrogen-bond donors (Lipinski definition) is 4. The number of ether oxygens (including phenoxy) is 2. The molecule has 0 unspecified atom stereocenters. The number of hydrogen-bond acceptors (Lipinski definition) is 11. The van der Waals surface area contributed by atoms with Gasteiger partial charge in [-0.05, 0) is 23.6 Å². The lowest BCUT2D eigenvalue weighted by Crippen LogP contribution is -2.46. The maximum atomic E-state index is 11.2. The molecule has 4 rings (SSSR count). The van der Waals surface area contributed by atoms with Crippen LogP contribution in [0.3, 0.4) is 0 Å². The largest absolute Gasteiger partial charge is 0.378 e. The Morgan fingerprint density at radius 2 is 1.59 bits per heavy atom. The van der Waals surface area contributed by atoms with Crippen LogP contribution in [0.1, 0.15) is 37.3 Å². The molecule has 44 heavy (non-hydrogen) atoms. The van der Waals surface area contributed by atoms with Crippen LogP contribution in [-0.2, 0) is 32.2 Å². The van der Waals surface area contributed by atoms with Crippen molar-refractivity contribution < 1.29 is 19.1 Å². The maximum absolute atomic E-state index is 11.2. The third-order valence-corrected chi connectivity index (χ3v) is 7.65. The van der Waals surface area contributed by atoms with Gasteiger partial charge in [-0.15, -0.1) is 0 Å². The van der Waals surface area contributed by atoms with Gasteiger partial charge in [-0.1, -0.05) is 44.0 Å². The summed E-state index contributed by atoms with van der Waals surface area (Å²) in [4.78, 5) is 29.4. The lowest BCUT2D eigenvalue weighted by atomic mass is 10.1. The molecule has 13 nitrogen and oxygen atoms in total. The molecule has 1 aliphatic heterocycles. The monoisotopic (exact) mass is 611 g/mol. The second kappa shape index (κ2) is 18.5. The molecule has 2 aromatic heterocycles. The van der Waals surface area contributed by atoms with Gasteiger partial charge in [0.1, 0.15) is 12.1 Å². The number of piperazine rings is 1. The summed E-state index contributed by atoms with van der Waals surface area (Å²) in [5.41, 5.74) is 10.4. The van der Waals surface area contributed by atoms with Crippen LogP contribution in [0.25, 0.3) is 11.0 Å². The van der Waals surface area contributed by atoms with E-state index in [4.69, 9.17) is 21.1 Å². The van der Waals surface area contributed by atoms with Crippen molar-refractivity contribution in [2.24, 2.45) is 5.90 Å². The first-order chi connectivity index (χ1) is 21.6. The van der Waals surface area contributed by atoms with Gasteiger partial charge in [0.15, 0.2) is 5.82 Å². The third kappa shape index (κ3) is 11.0. The van der Waals surface area contributed by atoms with Crippen LogP contribution >= 0.6 is 0 Å². The van der Waals surface area contributed by atoms with Gasteiger partial charge >= 0.3 is 0 Å². The number of nitrogens with zero attached hydrogens (tertiary/aromatic N) is 5. The predicted octanol–water partition coefficient (Wildman–Crippen LogP) is 1.82. The van der Waals surface area contributed by atoms with Crippen molar-refractivity contribution in [1.82, 2.24) is 29.7 Å². The fourth-order valence-electron chi connectivity index (χ4n) is 5.24. The number of amides is 1. The standard InChI is InChI=1S/C31H49N9O4/c1-2-3-4-10-35-30-29-27(36-31(32)37-30)9-12-40(29)23-26-7-5-25(6-8-26)22-39-15-13-38(14-16-39)17-19-43-21-20-42-18-11-34-28(41)24-44-33/h5-9,12H,2-4,10-11,13-24,33H2,1H3,(H,34,41)(H3,32,35,36,37). The summed E-state index contributed by atoms with van der Waals surface area (Å²) in [6.45, 7) is 12.3. The normalized spacial score (nSPS) is 14.3. The highest BCUT2D eigenvalue weighted by Gasteiger charge is 2.17. The highest BCUT2D eigenvalue weighted by Crippen LogP contribution is 2.24. The smallest absolute Gasteiger partial charge is 0.248 e. The topological polar surface area (TPSA) is 158 Å². The summed E-state index contributed by atoms with van der Waals surface area (Å²) < 4.78 is 13.4. The molecule has 6 N–H and O–H groups in total. The zero-order chi connectivity index (χ0) is 31.0. The van der Waals surface area contributed by atoms with Gasteiger partial charge < -0.3 is 30.4 Å². The molecule has 0 aliphatic carbocycles. The van der Waals surface area contributed by atoms with E-state index >= 15 is 0 Å². The van der Waals surface area contributed by atoms with E-state index in [-0.39, 0.29) is 12.5 Å². The number of nitrogens with one attached hydrogen (secondary N) is 2. The fourth-order valence-corrected chi connectivity index (χ4v) is 5.24. The summed E-state index contributed by atoms with van der Waals surface area (Å²) >= 11 is 0. The van der Waals surface area contributed by atoms with E-state index < -0.39 is 0 Å². The molecule has 13 heteroatoms. The number of benzene rings is 1. The molecule has 1 fully saturated rings. The molecule has 1 amide bonds. The van der Waals surface area contributed by atoms with Crippen LogP contribution in [0.15, 0.2) is 36.5 Å². The van der Waals surface area contributed by atoms with Crippen LogP contribution in [0.4, 0.5) is 11.8 Å². The molecule has 242 valence electrons. The molecule has 0 spiro atoms. The third-order valence-electron chi connectivity index (χ3n) is 7.65. The van der Waals surface area contributed by atoms with Crippen molar-refractivity contribution in [3.63, 3.8) is 0 Å². The first kappa shape index (κ1) is 33.6. The van der Waals surface area contributed by atoms with E-state index in [0.717, 1.165) is 75.6 Å². The number of rotatable bonds is 20. The van der Waals surface area contributed by atoms with E-state index in [1.54, 1.807) is 0 Å². The number of unbranched alkanes of at least 4 members (excludes halogenated alkanes) is 2. The number of carbonyl (C=O) groups is 1. The predicted molar refractivity (Wildman–Crippen MR) is 172 cm³/mol. The summed E-state index contributed by atoms with van der Waals surface area (Å²) in [7, 11) is 0. The molecule has 1 saturated heterocycles. The Hall–Kier alpha value is -3.33. The van der Waals surface area contributed by atoms with Crippen LogP contribution < -0.4 is 22.3 Å². The Kier molecular flexibility index (Phi) is 14.1. The van der Waals surface area contributed by atoms with Crippen molar-refractivity contribution in [2.45, 2.75) is 39.3 Å². The van der Waals surface area contributed by atoms with E-state index in [1.807, 2.05) is 6.07 Å². The molecular formula is C31H49N9O4. The van der Waals surface area contributed by atoms with Gasteiger partial charge in [-0.2, -0.15) is 4.98 Å². The number of nitrogens with two attached hydrogens (primary N) is 2. The SMILES string of the molecule is CCCCCNc1nc(N)nc2ccn(Cc3ccc(CN4CCN(CCOCCOCCNC(=O)CON)CC4)cc3)c12. The Morgan fingerprint density at radius 1 is 0.886 bits per heavy atom. The molecule has 0 atom stereocenters. The molecule has 0 saturated carbocycles. The van der Waals surface area contributed by atoms with Gasteiger partial charge in [0.05, 0.1) is 31.9 Å².